The van der Waals surface area contributed by atoms with E-state index >= 15 is 0 Å². The molecule has 0 spiro atoms. The van der Waals surface area contributed by atoms with E-state index in [-0.39, 0.29) is 11.8 Å². The van der Waals surface area contributed by atoms with Crippen molar-refractivity contribution in [2.24, 2.45) is 5.92 Å². The van der Waals surface area contributed by atoms with Crippen LogP contribution in [0.15, 0.2) is 35.7 Å². The predicted octanol–water partition coefficient (Wildman–Crippen LogP) is 1.65. The van der Waals surface area contributed by atoms with Gasteiger partial charge in [0.1, 0.15) is 12.1 Å². The first-order chi connectivity index (χ1) is 10.8. The molecule has 1 atom stereocenters. The lowest BCUT2D eigenvalue weighted by Gasteiger charge is -2.13. The van der Waals surface area contributed by atoms with Gasteiger partial charge in [0.25, 0.3) is 0 Å². The average Bonchev–Trinajstić information content (AvgIpc) is 2.95. The summed E-state index contributed by atoms with van der Waals surface area (Å²) in [4.78, 5) is 16.3. The van der Waals surface area contributed by atoms with Gasteiger partial charge in [-0.25, -0.2) is 4.98 Å². The van der Waals surface area contributed by atoms with Crippen molar-refractivity contribution < 1.29 is 9.53 Å². The Labute approximate surface area is 133 Å². The number of ether oxygens (including phenoxy) is 1. The van der Waals surface area contributed by atoms with Crippen molar-refractivity contribution in [3.8, 4) is 5.75 Å². The number of hydrogen-bond donors (Lipinski definition) is 2. The third kappa shape index (κ3) is 3.79. The van der Waals surface area contributed by atoms with Gasteiger partial charge in [0.15, 0.2) is 5.16 Å². The second-order valence-corrected chi connectivity index (χ2v) is 6.16. The van der Waals surface area contributed by atoms with Crippen molar-refractivity contribution >= 4 is 17.7 Å². The highest BCUT2D eigenvalue weighted by Crippen LogP contribution is 2.26. The molecule has 1 aliphatic heterocycles. The molecule has 3 rings (SSSR count). The summed E-state index contributed by atoms with van der Waals surface area (Å²) in [7, 11) is 0. The molecule has 1 amide bonds. The maximum Gasteiger partial charge on any atom is 0.223 e. The van der Waals surface area contributed by atoms with E-state index in [1.807, 2.05) is 24.3 Å². The minimum Gasteiger partial charge on any atom is -0.493 e. The summed E-state index contributed by atoms with van der Waals surface area (Å²) in [5.74, 6) is 1.73. The smallest absolute Gasteiger partial charge is 0.223 e. The zero-order valence-corrected chi connectivity index (χ0v) is 12.9. The Bertz CT molecular complexity index is 618. The van der Waals surface area contributed by atoms with Crippen molar-refractivity contribution in [2.45, 2.75) is 18.0 Å². The average molecular weight is 318 g/mol. The number of fused-ring (bicyclic) bond motifs is 1. The quantitative estimate of drug-likeness (QED) is 0.647. The molecule has 116 valence electrons. The molecule has 0 fully saturated rings. The van der Waals surface area contributed by atoms with E-state index in [4.69, 9.17) is 4.74 Å². The first-order valence-corrected chi connectivity index (χ1v) is 8.28. The van der Waals surface area contributed by atoms with Crippen LogP contribution in [0.1, 0.15) is 12.0 Å². The van der Waals surface area contributed by atoms with Crippen LogP contribution in [-0.2, 0) is 11.2 Å². The molecule has 7 heteroatoms. The molecule has 1 aliphatic rings. The summed E-state index contributed by atoms with van der Waals surface area (Å²) in [6.07, 6.45) is 2.96. The van der Waals surface area contributed by atoms with Crippen LogP contribution < -0.4 is 10.1 Å². The number of hydrogen-bond acceptors (Lipinski definition) is 5. The SMILES string of the molecule is O=C(NCCSc1ncn[nH]1)[C@@H]1CCOc2ccccc2C1. The number of aromatic amines is 1. The first-order valence-electron chi connectivity index (χ1n) is 7.29. The molecule has 1 aromatic heterocycles. The lowest BCUT2D eigenvalue weighted by Crippen LogP contribution is -2.33. The zero-order chi connectivity index (χ0) is 15.2. The van der Waals surface area contributed by atoms with Crippen LogP contribution >= 0.6 is 11.8 Å². The molecule has 1 aromatic carbocycles. The van der Waals surface area contributed by atoms with E-state index in [1.54, 1.807) is 0 Å². The van der Waals surface area contributed by atoms with E-state index in [0.29, 0.717) is 13.2 Å². The predicted molar refractivity (Wildman–Crippen MR) is 83.9 cm³/mol. The van der Waals surface area contributed by atoms with Crippen molar-refractivity contribution in [2.75, 3.05) is 18.9 Å². The van der Waals surface area contributed by atoms with Crippen LogP contribution in [0.2, 0.25) is 0 Å². The van der Waals surface area contributed by atoms with Crippen molar-refractivity contribution in [3.63, 3.8) is 0 Å². The van der Waals surface area contributed by atoms with Gasteiger partial charge in [0.2, 0.25) is 5.91 Å². The number of thioether (sulfide) groups is 1. The number of nitrogens with one attached hydrogen (secondary N) is 2. The molecule has 22 heavy (non-hydrogen) atoms. The van der Waals surface area contributed by atoms with Gasteiger partial charge in [-0.3, -0.25) is 9.89 Å². The minimum atomic E-state index is -0.0288. The fourth-order valence-corrected chi connectivity index (χ4v) is 3.08. The highest BCUT2D eigenvalue weighted by molar-refractivity contribution is 7.99. The van der Waals surface area contributed by atoms with Crippen molar-refractivity contribution in [3.05, 3.63) is 36.2 Å². The number of H-pyrrole nitrogens is 1. The Morgan fingerprint density at radius 2 is 2.36 bits per heavy atom. The Morgan fingerprint density at radius 3 is 3.23 bits per heavy atom. The van der Waals surface area contributed by atoms with Gasteiger partial charge in [0, 0.05) is 18.2 Å². The fourth-order valence-electron chi connectivity index (χ4n) is 2.45. The van der Waals surface area contributed by atoms with E-state index in [0.717, 1.165) is 35.1 Å². The summed E-state index contributed by atoms with van der Waals surface area (Å²) >= 11 is 1.54. The lowest BCUT2D eigenvalue weighted by atomic mass is 9.96. The van der Waals surface area contributed by atoms with Crippen LogP contribution in [0.5, 0.6) is 5.75 Å². The molecule has 6 nitrogen and oxygen atoms in total. The minimum absolute atomic E-state index is 0.0288. The van der Waals surface area contributed by atoms with Crippen LogP contribution in [0.4, 0.5) is 0 Å². The number of aromatic nitrogens is 3. The molecule has 0 radical (unpaired) electrons. The number of rotatable bonds is 5. The van der Waals surface area contributed by atoms with E-state index < -0.39 is 0 Å². The van der Waals surface area contributed by atoms with E-state index in [9.17, 15) is 4.79 Å². The highest BCUT2D eigenvalue weighted by Gasteiger charge is 2.23. The summed E-state index contributed by atoms with van der Waals surface area (Å²) in [5, 5.41) is 10.3. The summed E-state index contributed by atoms with van der Waals surface area (Å²) in [5.41, 5.74) is 1.11. The Hall–Kier alpha value is -2.02. The van der Waals surface area contributed by atoms with E-state index in [1.165, 1.54) is 18.1 Å². The lowest BCUT2D eigenvalue weighted by molar-refractivity contribution is -0.125. The molecule has 0 saturated carbocycles. The third-order valence-corrected chi connectivity index (χ3v) is 4.44. The largest absolute Gasteiger partial charge is 0.493 e. The molecule has 2 N–H and O–H groups in total. The molecule has 0 saturated heterocycles. The molecule has 2 aromatic rings. The van der Waals surface area contributed by atoms with Gasteiger partial charge in [-0.15, -0.1) is 0 Å². The topological polar surface area (TPSA) is 79.9 Å². The highest BCUT2D eigenvalue weighted by atomic mass is 32.2. The zero-order valence-electron chi connectivity index (χ0n) is 12.1. The van der Waals surface area contributed by atoms with Crippen LogP contribution in [-0.4, -0.2) is 40.0 Å². The Balaban J connectivity index is 1.48. The van der Waals surface area contributed by atoms with Crippen LogP contribution in [0.3, 0.4) is 0 Å². The van der Waals surface area contributed by atoms with Crippen molar-refractivity contribution in [1.29, 1.82) is 0 Å². The summed E-state index contributed by atoms with van der Waals surface area (Å²) in [6, 6.07) is 7.93. The van der Waals surface area contributed by atoms with Crippen LogP contribution in [0, 0.1) is 5.92 Å². The van der Waals surface area contributed by atoms with Gasteiger partial charge in [-0.1, -0.05) is 30.0 Å². The number of carbonyl (C=O) groups excluding carboxylic acids is 1. The fraction of sp³-hybridized carbons (Fsp3) is 0.400. The van der Waals surface area contributed by atoms with Gasteiger partial charge in [-0.05, 0) is 24.5 Å². The second kappa shape index (κ2) is 7.31. The summed E-state index contributed by atoms with van der Waals surface area (Å²) in [6.45, 7) is 1.20. The third-order valence-electron chi connectivity index (χ3n) is 3.57. The molecular weight excluding hydrogens is 300 g/mol. The summed E-state index contributed by atoms with van der Waals surface area (Å²) < 4.78 is 5.70. The number of amides is 1. The van der Waals surface area contributed by atoms with Gasteiger partial charge in [-0.2, -0.15) is 5.10 Å². The monoisotopic (exact) mass is 318 g/mol. The number of nitrogens with zero attached hydrogens (tertiary/aromatic N) is 2. The van der Waals surface area contributed by atoms with Crippen LogP contribution in [0.25, 0.3) is 0 Å². The normalized spacial score (nSPS) is 17.2. The maximum absolute atomic E-state index is 12.3. The second-order valence-electron chi connectivity index (χ2n) is 5.08. The van der Waals surface area contributed by atoms with E-state index in [2.05, 4.69) is 20.5 Å². The molecule has 0 bridgehead atoms. The van der Waals surface area contributed by atoms with Gasteiger partial charge in [0.05, 0.1) is 6.61 Å². The first kappa shape index (κ1) is 14.9. The maximum atomic E-state index is 12.3. The molecule has 2 heterocycles. The van der Waals surface area contributed by atoms with Crippen molar-refractivity contribution in [1.82, 2.24) is 20.5 Å². The molecule has 0 unspecified atom stereocenters. The van der Waals surface area contributed by atoms with Gasteiger partial charge < -0.3 is 10.1 Å². The standard InChI is InChI=1S/C15H18N4O2S/c20-14(16-6-8-22-15-17-10-18-19-15)12-5-7-21-13-4-2-1-3-11(13)9-12/h1-4,10,12H,5-9H2,(H,16,20)(H,17,18,19)/t12-/m1/s1. The number of carbonyl (C=O) groups is 1. The number of para-hydroxylation sites is 1. The van der Waals surface area contributed by atoms with Gasteiger partial charge >= 0.3 is 0 Å². The number of benzene rings is 1. The Morgan fingerprint density at radius 1 is 1.45 bits per heavy atom. The Kier molecular flexibility index (Phi) is 4.95. The molecular formula is C15H18N4O2S. The molecule has 0 aliphatic carbocycles.